The molecular weight excluding hydrogens is 254 g/mol. The average Bonchev–Trinajstić information content (AvgIpc) is 2.26. The third-order valence-corrected chi connectivity index (χ3v) is 3.57. The van der Waals surface area contributed by atoms with Crippen molar-refractivity contribution in [3.05, 3.63) is 69.7 Å². The molecule has 2 aromatic rings. The highest BCUT2D eigenvalue weighted by Gasteiger charge is 2.22. The summed E-state index contributed by atoms with van der Waals surface area (Å²) in [4.78, 5) is 0. The lowest BCUT2D eigenvalue weighted by Gasteiger charge is -2.26. The molecule has 0 bridgehead atoms. The van der Waals surface area contributed by atoms with Crippen molar-refractivity contribution in [2.45, 2.75) is 32.7 Å². The van der Waals surface area contributed by atoms with Gasteiger partial charge in [0.25, 0.3) is 0 Å². The van der Waals surface area contributed by atoms with E-state index in [1.165, 1.54) is 16.7 Å². The van der Waals surface area contributed by atoms with E-state index in [9.17, 15) is 0 Å². The van der Waals surface area contributed by atoms with E-state index in [4.69, 9.17) is 17.3 Å². The van der Waals surface area contributed by atoms with E-state index in [1.807, 2.05) is 24.3 Å². The number of halogens is 1. The Labute approximate surface area is 120 Å². The molecule has 0 aliphatic heterocycles. The highest BCUT2D eigenvalue weighted by atomic mass is 35.5. The Morgan fingerprint density at radius 2 is 1.68 bits per heavy atom. The molecule has 0 aliphatic rings. The predicted molar refractivity (Wildman–Crippen MR) is 82.6 cm³/mol. The first-order chi connectivity index (χ1) is 8.87. The Kier molecular flexibility index (Phi) is 3.98. The Balaban J connectivity index is 2.30. The van der Waals surface area contributed by atoms with Gasteiger partial charge in [-0.1, -0.05) is 53.1 Å². The monoisotopic (exact) mass is 273 g/mol. The molecule has 1 nitrogen and oxygen atoms in total. The summed E-state index contributed by atoms with van der Waals surface area (Å²) in [5.74, 6) is 0. The summed E-state index contributed by atoms with van der Waals surface area (Å²) in [6, 6.07) is 14.4. The minimum atomic E-state index is -0.412. The van der Waals surface area contributed by atoms with E-state index in [0.29, 0.717) is 0 Å². The molecule has 0 heterocycles. The highest BCUT2D eigenvalue weighted by molar-refractivity contribution is 6.30. The molecule has 0 saturated carbocycles. The van der Waals surface area contributed by atoms with Crippen molar-refractivity contribution in [1.29, 1.82) is 0 Å². The molecule has 100 valence electrons. The van der Waals surface area contributed by atoms with Gasteiger partial charge in [-0.25, -0.2) is 0 Å². The van der Waals surface area contributed by atoms with Gasteiger partial charge in [-0.2, -0.15) is 0 Å². The fourth-order valence-corrected chi connectivity index (χ4v) is 2.73. The molecule has 0 spiro atoms. The molecule has 0 aliphatic carbocycles. The number of nitrogens with two attached hydrogens (primary N) is 1. The van der Waals surface area contributed by atoms with Crippen molar-refractivity contribution in [3.63, 3.8) is 0 Å². The van der Waals surface area contributed by atoms with Gasteiger partial charge in [-0.15, -0.1) is 0 Å². The normalized spacial score (nSPS) is 14.2. The van der Waals surface area contributed by atoms with Gasteiger partial charge >= 0.3 is 0 Å². The molecular formula is C17H20ClN. The summed E-state index contributed by atoms with van der Waals surface area (Å²) in [6.45, 7) is 6.28. The second kappa shape index (κ2) is 5.36. The van der Waals surface area contributed by atoms with Crippen molar-refractivity contribution >= 4 is 11.6 Å². The van der Waals surface area contributed by atoms with E-state index in [-0.39, 0.29) is 0 Å². The van der Waals surface area contributed by atoms with Crippen LogP contribution in [0, 0.1) is 13.8 Å². The fourth-order valence-electron chi connectivity index (χ4n) is 2.54. The zero-order valence-corrected chi connectivity index (χ0v) is 12.5. The van der Waals surface area contributed by atoms with Crippen LogP contribution in [0.25, 0.3) is 0 Å². The summed E-state index contributed by atoms with van der Waals surface area (Å²) in [5, 5.41) is 0.731. The molecule has 19 heavy (non-hydrogen) atoms. The Bertz CT molecular complexity index is 567. The van der Waals surface area contributed by atoms with E-state index >= 15 is 0 Å². The molecule has 0 aromatic heterocycles. The Morgan fingerprint density at radius 1 is 1.05 bits per heavy atom. The van der Waals surface area contributed by atoms with Crippen LogP contribution >= 0.6 is 11.6 Å². The smallest absolute Gasteiger partial charge is 0.0422 e. The van der Waals surface area contributed by atoms with Crippen molar-refractivity contribution in [2.24, 2.45) is 5.73 Å². The first-order valence-electron chi connectivity index (χ1n) is 6.49. The number of hydrogen-bond acceptors (Lipinski definition) is 1. The number of hydrogen-bond donors (Lipinski definition) is 1. The summed E-state index contributed by atoms with van der Waals surface area (Å²) in [7, 11) is 0. The molecule has 0 fully saturated rings. The van der Waals surface area contributed by atoms with Gasteiger partial charge in [-0.05, 0) is 50.5 Å². The minimum Gasteiger partial charge on any atom is -0.321 e. The van der Waals surface area contributed by atoms with Crippen molar-refractivity contribution in [2.75, 3.05) is 0 Å². The molecule has 2 N–H and O–H groups in total. The van der Waals surface area contributed by atoms with Crippen LogP contribution in [0.4, 0.5) is 0 Å². The van der Waals surface area contributed by atoms with Gasteiger partial charge in [0.15, 0.2) is 0 Å². The SMILES string of the molecule is Cc1cc(C)cc(CC(C)(N)c2cccc(Cl)c2)c1. The van der Waals surface area contributed by atoms with E-state index in [2.05, 4.69) is 39.0 Å². The maximum absolute atomic E-state index is 6.48. The summed E-state index contributed by atoms with van der Waals surface area (Å²) >= 11 is 6.05. The lowest BCUT2D eigenvalue weighted by atomic mass is 9.86. The van der Waals surface area contributed by atoms with Crippen molar-refractivity contribution in [3.8, 4) is 0 Å². The molecule has 1 atom stereocenters. The zero-order chi connectivity index (χ0) is 14.0. The maximum Gasteiger partial charge on any atom is 0.0422 e. The van der Waals surface area contributed by atoms with E-state index in [1.54, 1.807) is 0 Å². The second-order valence-corrected chi connectivity index (χ2v) is 6.04. The van der Waals surface area contributed by atoms with Crippen LogP contribution in [0.15, 0.2) is 42.5 Å². The molecule has 0 radical (unpaired) electrons. The van der Waals surface area contributed by atoms with Gasteiger partial charge in [0.2, 0.25) is 0 Å². The minimum absolute atomic E-state index is 0.412. The first-order valence-corrected chi connectivity index (χ1v) is 6.87. The van der Waals surface area contributed by atoms with Crippen LogP contribution < -0.4 is 5.73 Å². The third kappa shape index (κ3) is 3.59. The summed E-state index contributed by atoms with van der Waals surface area (Å²) in [6.07, 6.45) is 0.801. The molecule has 0 amide bonds. The van der Waals surface area contributed by atoms with Gasteiger partial charge in [0.05, 0.1) is 0 Å². The summed E-state index contributed by atoms with van der Waals surface area (Å²) in [5.41, 5.74) is 11.0. The van der Waals surface area contributed by atoms with Crippen LogP contribution in [-0.4, -0.2) is 0 Å². The lowest BCUT2D eigenvalue weighted by Crippen LogP contribution is -2.35. The van der Waals surface area contributed by atoms with Crippen LogP contribution in [0.1, 0.15) is 29.2 Å². The van der Waals surface area contributed by atoms with Crippen LogP contribution in [0.2, 0.25) is 5.02 Å². The van der Waals surface area contributed by atoms with Crippen LogP contribution in [0.3, 0.4) is 0 Å². The quantitative estimate of drug-likeness (QED) is 0.883. The Hall–Kier alpha value is -1.31. The fraction of sp³-hybridized carbons (Fsp3) is 0.294. The van der Waals surface area contributed by atoms with Gasteiger partial charge in [0, 0.05) is 10.6 Å². The molecule has 2 rings (SSSR count). The van der Waals surface area contributed by atoms with E-state index < -0.39 is 5.54 Å². The number of aryl methyl sites for hydroxylation is 2. The Morgan fingerprint density at radius 3 is 2.26 bits per heavy atom. The average molecular weight is 274 g/mol. The zero-order valence-electron chi connectivity index (χ0n) is 11.7. The first kappa shape index (κ1) is 14.1. The van der Waals surface area contributed by atoms with Crippen molar-refractivity contribution in [1.82, 2.24) is 0 Å². The molecule has 0 saturated heterocycles. The maximum atomic E-state index is 6.48. The number of rotatable bonds is 3. The predicted octanol–water partition coefficient (Wildman–Crippen LogP) is 4.37. The van der Waals surface area contributed by atoms with Gasteiger partial charge in [-0.3, -0.25) is 0 Å². The molecule has 2 heteroatoms. The standard InChI is InChI=1S/C17H20ClN/c1-12-7-13(2)9-14(8-12)11-17(3,19)15-5-4-6-16(18)10-15/h4-10H,11,19H2,1-3H3. The van der Waals surface area contributed by atoms with Gasteiger partial charge < -0.3 is 5.73 Å². The summed E-state index contributed by atoms with van der Waals surface area (Å²) < 4.78 is 0. The van der Waals surface area contributed by atoms with Crippen molar-refractivity contribution < 1.29 is 0 Å². The number of benzene rings is 2. The van der Waals surface area contributed by atoms with E-state index in [0.717, 1.165) is 17.0 Å². The second-order valence-electron chi connectivity index (χ2n) is 5.60. The largest absolute Gasteiger partial charge is 0.321 e. The third-order valence-electron chi connectivity index (χ3n) is 3.34. The lowest BCUT2D eigenvalue weighted by molar-refractivity contribution is 0.491. The molecule has 2 aromatic carbocycles. The van der Waals surface area contributed by atoms with Gasteiger partial charge in [0.1, 0.15) is 0 Å². The van der Waals surface area contributed by atoms with Crippen LogP contribution in [-0.2, 0) is 12.0 Å². The van der Waals surface area contributed by atoms with Crippen LogP contribution in [0.5, 0.6) is 0 Å². The highest BCUT2D eigenvalue weighted by Crippen LogP contribution is 2.25. The topological polar surface area (TPSA) is 26.0 Å². The molecule has 1 unspecified atom stereocenters.